The van der Waals surface area contributed by atoms with Crippen LogP contribution in [0.2, 0.25) is 0 Å². The van der Waals surface area contributed by atoms with E-state index in [1.807, 2.05) is 6.08 Å². The van der Waals surface area contributed by atoms with Crippen LogP contribution in [0.25, 0.3) is 0 Å². The Morgan fingerprint density at radius 1 is 1.10 bits per heavy atom. The molecule has 10 nitrogen and oxygen atoms in total. The van der Waals surface area contributed by atoms with Crippen molar-refractivity contribution in [3.63, 3.8) is 0 Å². The minimum absolute atomic E-state index is 0.103. The van der Waals surface area contributed by atoms with Gasteiger partial charge in [-0.1, -0.05) is 17.7 Å². The number of nitrogens with zero attached hydrogens (tertiary/aromatic N) is 2. The van der Waals surface area contributed by atoms with Gasteiger partial charge in [0, 0.05) is 34.8 Å². The number of non-ortho nitro benzene ring substituents is 1. The van der Waals surface area contributed by atoms with E-state index in [-0.39, 0.29) is 47.3 Å². The van der Waals surface area contributed by atoms with Gasteiger partial charge in [0.25, 0.3) is 5.69 Å². The van der Waals surface area contributed by atoms with Gasteiger partial charge in [-0.05, 0) is 71.5 Å². The number of Topliss-reactive ketones (excluding diaryl/α,β-unsaturated/α-hetero) is 1. The molecule has 2 aromatic rings. The Hall–Kier alpha value is -4.38. The van der Waals surface area contributed by atoms with Crippen molar-refractivity contribution in [2.45, 2.75) is 25.7 Å². The van der Waals surface area contributed by atoms with Crippen molar-refractivity contribution in [2.24, 2.45) is 17.8 Å². The molecule has 0 spiro atoms. The molecular weight excluding hydrogens is 596 g/mol. The fourth-order valence-corrected chi connectivity index (χ4v) is 7.12. The smallest absolute Gasteiger partial charge is 0.271 e. The molecule has 1 saturated heterocycles. The molecule has 2 aromatic carbocycles. The molecule has 41 heavy (non-hydrogen) atoms. The van der Waals surface area contributed by atoms with Crippen LogP contribution in [-0.2, 0) is 19.2 Å². The maximum absolute atomic E-state index is 14.0. The third-order valence-corrected chi connectivity index (χ3v) is 9.07. The largest absolute Gasteiger partial charge is 0.503 e. The molecule has 0 radical (unpaired) electrons. The number of imide groups is 1. The van der Waals surface area contributed by atoms with Crippen LogP contribution >= 0.6 is 15.9 Å². The number of nitro benzene ring substituents is 1. The van der Waals surface area contributed by atoms with E-state index < -0.39 is 40.4 Å². The van der Waals surface area contributed by atoms with Crippen molar-refractivity contribution < 1.29 is 33.9 Å². The topological polar surface area (TPSA) is 144 Å². The summed E-state index contributed by atoms with van der Waals surface area (Å²) in [4.78, 5) is 66.2. The number of methoxy groups -OCH3 is 1. The van der Waals surface area contributed by atoms with Crippen molar-refractivity contribution in [3.05, 3.63) is 91.0 Å². The molecule has 4 atom stereocenters. The van der Waals surface area contributed by atoms with Crippen LogP contribution in [0.1, 0.15) is 31.2 Å². The number of rotatable bonds is 4. The van der Waals surface area contributed by atoms with E-state index >= 15 is 0 Å². The van der Waals surface area contributed by atoms with Crippen molar-refractivity contribution in [3.8, 4) is 11.5 Å². The Balaban J connectivity index is 1.49. The number of aromatic hydroxyl groups is 1. The van der Waals surface area contributed by atoms with E-state index in [0.29, 0.717) is 26.8 Å². The van der Waals surface area contributed by atoms with Gasteiger partial charge >= 0.3 is 0 Å². The number of phenolic OH excluding ortho intramolecular Hbond substituents is 1. The highest BCUT2D eigenvalue weighted by Gasteiger charge is 2.56. The van der Waals surface area contributed by atoms with Gasteiger partial charge in [-0.2, -0.15) is 0 Å². The molecule has 1 aliphatic heterocycles. The highest BCUT2D eigenvalue weighted by Crippen LogP contribution is 2.56. The van der Waals surface area contributed by atoms with Crippen LogP contribution in [0.5, 0.6) is 11.5 Å². The van der Waals surface area contributed by atoms with Gasteiger partial charge in [0.1, 0.15) is 0 Å². The predicted octanol–water partition coefficient (Wildman–Crippen LogP) is 4.71. The Kier molecular flexibility index (Phi) is 6.29. The Morgan fingerprint density at radius 3 is 2.56 bits per heavy atom. The summed E-state index contributed by atoms with van der Waals surface area (Å²) in [5, 5.41) is 21.8. The summed E-state index contributed by atoms with van der Waals surface area (Å²) in [6.07, 6.45) is 3.50. The van der Waals surface area contributed by atoms with Crippen LogP contribution in [0, 0.1) is 27.9 Å². The lowest BCUT2D eigenvalue weighted by Gasteiger charge is -2.42. The quantitative estimate of drug-likeness (QED) is 0.171. The first-order valence-electron chi connectivity index (χ1n) is 12.9. The fourth-order valence-electron chi connectivity index (χ4n) is 6.66. The van der Waals surface area contributed by atoms with E-state index in [4.69, 9.17) is 4.74 Å². The minimum atomic E-state index is -0.823. The zero-order valence-electron chi connectivity index (χ0n) is 21.9. The van der Waals surface area contributed by atoms with Gasteiger partial charge in [-0.25, -0.2) is 4.90 Å². The number of ketones is 2. The lowest BCUT2D eigenvalue weighted by atomic mass is 9.59. The molecule has 1 fully saturated rings. The number of allylic oxidation sites excluding steroid dienone is 6. The summed E-state index contributed by atoms with van der Waals surface area (Å²) in [7, 11) is 1.40. The third kappa shape index (κ3) is 3.98. The number of amides is 2. The van der Waals surface area contributed by atoms with Gasteiger partial charge in [0.15, 0.2) is 23.1 Å². The molecule has 1 heterocycles. The zero-order chi connectivity index (χ0) is 29.3. The Bertz CT molecular complexity index is 1700. The number of ether oxygens (including phenoxy) is 1. The molecule has 208 valence electrons. The summed E-state index contributed by atoms with van der Waals surface area (Å²) in [5.74, 6) is -4.33. The maximum Gasteiger partial charge on any atom is 0.271 e. The number of anilines is 1. The molecule has 4 unspecified atom stereocenters. The van der Waals surface area contributed by atoms with Crippen molar-refractivity contribution in [2.75, 3.05) is 12.0 Å². The number of carbonyl (C=O) groups excluding carboxylic acids is 4. The van der Waals surface area contributed by atoms with Crippen LogP contribution < -0.4 is 9.64 Å². The maximum atomic E-state index is 14.0. The van der Waals surface area contributed by atoms with Crippen LogP contribution in [0.4, 0.5) is 11.4 Å². The summed E-state index contributed by atoms with van der Waals surface area (Å²) < 4.78 is 5.69. The molecule has 0 aromatic heterocycles. The summed E-state index contributed by atoms with van der Waals surface area (Å²) >= 11 is 3.35. The lowest BCUT2D eigenvalue weighted by Crippen LogP contribution is -2.39. The molecule has 6 rings (SSSR count). The monoisotopic (exact) mass is 618 g/mol. The normalized spacial score (nSPS) is 25.4. The highest BCUT2D eigenvalue weighted by molar-refractivity contribution is 9.10. The average Bonchev–Trinajstić information content (AvgIpc) is 3.21. The fraction of sp³-hybridized carbons (Fsp3) is 0.267. The number of carbonyl (C=O) groups is 4. The first kappa shape index (κ1) is 26.8. The standard InChI is InChI=1S/C30H23BrN2O8/c1-13-8-22(34)20-12-19-17(24(26(20)27(13)35)14-9-21(31)28(36)23(10-14)41-2)6-7-18-25(19)30(38)32(29(18)37)15-4-3-5-16(11-15)33(39)40/h3-6,8-11,18-19,24-25,36H,7,12H2,1-2H3. The molecule has 3 aliphatic carbocycles. The van der Waals surface area contributed by atoms with E-state index in [1.165, 1.54) is 37.5 Å². The average molecular weight is 619 g/mol. The second-order valence-corrected chi connectivity index (χ2v) is 11.4. The second-order valence-electron chi connectivity index (χ2n) is 10.6. The number of hydrogen-bond acceptors (Lipinski definition) is 8. The number of nitro groups is 1. The Morgan fingerprint density at radius 2 is 1.85 bits per heavy atom. The highest BCUT2D eigenvalue weighted by atomic mass is 79.9. The van der Waals surface area contributed by atoms with E-state index in [1.54, 1.807) is 19.1 Å². The number of hydrogen-bond donors (Lipinski definition) is 1. The first-order valence-corrected chi connectivity index (χ1v) is 13.7. The van der Waals surface area contributed by atoms with Crippen LogP contribution in [0.15, 0.2) is 75.3 Å². The molecular formula is C30H23BrN2O8. The minimum Gasteiger partial charge on any atom is -0.503 e. The number of benzene rings is 2. The van der Waals surface area contributed by atoms with Crippen LogP contribution in [-0.4, -0.2) is 40.5 Å². The zero-order valence-corrected chi connectivity index (χ0v) is 23.5. The van der Waals surface area contributed by atoms with E-state index in [0.717, 1.165) is 10.5 Å². The van der Waals surface area contributed by atoms with Gasteiger partial charge in [0.2, 0.25) is 11.8 Å². The molecule has 0 bridgehead atoms. The van der Waals surface area contributed by atoms with Crippen molar-refractivity contribution in [1.29, 1.82) is 0 Å². The molecule has 0 saturated carbocycles. The second kappa shape index (κ2) is 9.62. The van der Waals surface area contributed by atoms with E-state index in [9.17, 15) is 34.4 Å². The summed E-state index contributed by atoms with van der Waals surface area (Å²) in [6.45, 7) is 1.59. The number of halogens is 1. The molecule has 2 amide bonds. The van der Waals surface area contributed by atoms with Crippen molar-refractivity contribution >= 4 is 50.7 Å². The van der Waals surface area contributed by atoms with Gasteiger partial charge < -0.3 is 9.84 Å². The lowest BCUT2D eigenvalue weighted by molar-refractivity contribution is -0.384. The third-order valence-electron chi connectivity index (χ3n) is 8.47. The number of fused-ring (bicyclic) bond motifs is 3. The molecule has 4 aliphatic rings. The molecule has 11 heteroatoms. The van der Waals surface area contributed by atoms with Gasteiger partial charge in [-0.3, -0.25) is 29.3 Å². The Labute approximate surface area is 242 Å². The molecule has 1 N–H and O–H groups in total. The summed E-state index contributed by atoms with van der Waals surface area (Å²) in [6, 6.07) is 8.65. The SMILES string of the molecule is COc1cc(C2C3=CCC4C(=O)N(c5cccc([N+](=O)[O-])c5)C(=O)C4C3CC3=C2C(=O)C(C)=CC3=O)cc(Br)c1O. The van der Waals surface area contributed by atoms with Crippen LogP contribution in [0.3, 0.4) is 0 Å². The number of phenols is 1. The predicted molar refractivity (Wildman–Crippen MR) is 149 cm³/mol. The first-order chi connectivity index (χ1) is 19.5. The van der Waals surface area contributed by atoms with Crippen molar-refractivity contribution in [1.82, 2.24) is 0 Å². The van der Waals surface area contributed by atoms with Gasteiger partial charge in [0.05, 0.1) is 34.0 Å². The van der Waals surface area contributed by atoms with Gasteiger partial charge in [-0.15, -0.1) is 0 Å². The summed E-state index contributed by atoms with van der Waals surface area (Å²) in [5.41, 5.74) is 2.12. The van der Waals surface area contributed by atoms with E-state index in [2.05, 4.69) is 15.9 Å².